The van der Waals surface area contributed by atoms with Crippen LogP contribution in [0.4, 0.5) is 5.69 Å². The summed E-state index contributed by atoms with van der Waals surface area (Å²) < 4.78 is 30.2. The van der Waals surface area contributed by atoms with Gasteiger partial charge in [0.15, 0.2) is 0 Å². The number of amides is 2. The molecule has 0 aromatic heterocycles. The molecule has 196 valence electrons. The van der Waals surface area contributed by atoms with Gasteiger partial charge < -0.3 is 10.2 Å². The van der Waals surface area contributed by atoms with Gasteiger partial charge in [-0.3, -0.25) is 13.9 Å². The summed E-state index contributed by atoms with van der Waals surface area (Å²) in [5.74, 6) is -0.819. The number of nitrogens with zero attached hydrogens (tertiary/aromatic N) is 2. The van der Waals surface area contributed by atoms with E-state index in [2.05, 4.69) is 37.2 Å². The SMILES string of the molecule is CCNC(=O)C(C)N(Cc1ccc(Br)cc1)C(=O)CN(c1cccc(Br)c1)S(=O)(=O)c1ccc(C)cc1. The zero-order chi connectivity index (χ0) is 27.2. The highest BCUT2D eigenvalue weighted by molar-refractivity contribution is 9.10. The van der Waals surface area contributed by atoms with Crippen LogP contribution in [0.3, 0.4) is 0 Å². The molecule has 10 heteroatoms. The molecular formula is C27H29Br2N3O4S. The predicted molar refractivity (Wildman–Crippen MR) is 153 cm³/mol. The molecule has 0 fully saturated rings. The largest absolute Gasteiger partial charge is 0.355 e. The van der Waals surface area contributed by atoms with Crippen LogP contribution in [0, 0.1) is 6.92 Å². The average Bonchev–Trinajstić information content (AvgIpc) is 2.86. The molecule has 0 aliphatic rings. The Morgan fingerprint density at radius 2 is 1.59 bits per heavy atom. The normalized spacial score (nSPS) is 12.0. The monoisotopic (exact) mass is 649 g/mol. The van der Waals surface area contributed by atoms with Crippen molar-refractivity contribution in [3.8, 4) is 0 Å². The van der Waals surface area contributed by atoms with E-state index >= 15 is 0 Å². The maximum absolute atomic E-state index is 13.8. The average molecular weight is 651 g/mol. The molecule has 3 aromatic carbocycles. The van der Waals surface area contributed by atoms with E-state index in [1.54, 1.807) is 50.2 Å². The number of benzene rings is 3. The summed E-state index contributed by atoms with van der Waals surface area (Å²) in [5.41, 5.74) is 2.06. The van der Waals surface area contributed by atoms with Crippen molar-refractivity contribution in [1.29, 1.82) is 0 Å². The summed E-state index contributed by atoms with van der Waals surface area (Å²) in [6.07, 6.45) is 0. The van der Waals surface area contributed by atoms with Crippen LogP contribution < -0.4 is 9.62 Å². The molecule has 1 N–H and O–H groups in total. The minimum atomic E-state index is -4.09. The number of nitrogens with one attached hydrogen (secondary N) is 1. The Hall–Kier alpha value is -2.69. The van der Waals surface area contributed by atoms with E-state index in [4.69, 9.17) is 0 Å². The molecule has 7 nitrogen and oxygen atoms in total. The van der Waals surface area contributed by atoms with Gasteiger partial charge in [0.25, 0.3) is 10.0 Å². The van der Waals surface area contributed by atoms with E-state index < -0.39 is 28.5 Å². The minimum Gasteiger partial charge on any atom is -0.355 e. The Kier molecular flexibility index (Phi) is 9.92. The lowest BCUT2D eigenvalue weighted by Crippen LogP contribution is -2.51. The molecule has 0 aliphatic carbocycles. The first-order valence-corrected chi connectivity index (χ1v) is 14.7. The predicted octanol–water partition coefficient (Wildman–Crippen LogP) is 5.27. The number of anilines is 1. The molecule has 0 bridgehead atoms. The van der Waals surface area contributed by atoms with Gasteiger partial charge in [0, 0.05) is 22.0 Å². The standard InChI is InChI=1S/C27H29Br2N3O4S/c1-4-30-27(34)20(3)31(17-21-10-12-22(28)13-11-21)26(33)18-32(24-7-5-6-23(29)16-24)37(35,36)25-14-8-19(2)9-15-25/h5-16,20H,4,17-18H2,1-3H3,(H,30,34). The van der Waals surface area contributed by atoms with E-state index in [9.17, 15) is 18.0 Å². The number of carbonyl (C=O) groups excluding carboxylic acids is 2. The van der Waals surface area contributed by atoms with Crippen LogP contribution in [0.25, 0.3) is 0 Å². The fourth-order valence-electron chi connectivity index (χ4n) is 3.69. The first-order valence-electron chi connectivity index (χ1n) is 11.7. The Balaban J connectivity index is 2.02. The minimum absolute atomic E-state index is 0.0714. The summed E-state index contributed by atoms with van der Waals surface area (Å²) in [4.78, 5) is 28.0. The van der Waals surface area contributed by atoms with Crippen LogP contribution in [0.5, 0.6) is 0 Å². The first-order chi connectivity index (χ1) is 17.5. The molecular weight excluding hydrogens is 622 g/mol. The molecule has 2 amide bonds. The number of sulfonamides is 1. The summed E-state index contributed by atoms with van der Waals surface area (Å²) in [7, 11) is -4.09. The zero-order valence-electron chi connectivity index (χ0n) is 20.8. The number of halogens is 2. The molecule has 0 saturated carbocycles. The van der Waals surface area contributed by atoms with Crippen molar-refractivity contribution in [3.63, 3.8) is 0 Å². The van der Waals surface area contributed by atoms with Crippen molar-refractivity contribution in [2.45, 2.75) is 38.3 Å². The lowest BCUT2D eigenvalue weighted by molar-refractivity contribution is -0.139. The van der Waals surface area contributed by atoms with Crippen LogP contribution in [-0.4, -0.2) is 44.3 Å². The van der Waals surface area contributed by atoms with E-state index in [0.29, 0.717) is 16.7 Å². The second-order valence-corrected chi connectivity index (χ2v) is 12.2. The van der Waals surface area contributed by atoms with Crippen LogP contribution in [0.2, 0.25) is 0 Å². The van der Waals surface area contributed by atoms with Gasteiger partial charge in [-0.05, 0) is 68.8 Å². The number of hydrogen-bond acceptors (Lipinski definition) is 4. The van der Waals surface area contributed by atoms with Gasteiger partial charge in [0.1, 0.15) is 12.6 Å². The van der Waals surface area contributed by atoms with Crippen molar-refractivity contribution in [1.82, 2.24) is 10.2 Å². The Morgan fingerprint density at radius 3 is 2.19 bits per heavy atom. The highest BCUT2D eigenvalue weighted by Gasteiger charge is 2.32. The second kappa shape index (κ2) is 12.7. The number of hydrogen-bond donors (Lipinski definition) is 1. The summed E-state index contributed by atoms with van der Waals surface area (Å²) in [5, 5.41) is 2.75. The van der Waals surface area contributed by atoms with Gasteiger partial charge in [0.2, 0.25) is 11.8 Å². The van der Waals surface area contributed by atoms with Gasteiger partial charge in [-0.15, -0.1) is 0 Å². The highest BCUT2D eigenvalue weighted by Crippen LogP contribution is 2.27. The maximum atomic E-state index is 13.8. The third kappa shape index (κ3) is 7.43. The first kappa shape index (κ1) is 28.9. The molecule has 0 saturated heterocycles. The molecule has 1 unspecified atom stereocenters. The summed E-state index contributed by atoms with van der Waals surface area (Å²) >= 11 is 6.80. The number of aryl methyl sites for hydroxylation is 1. The molecule has 3 aromatic rings. The second-order valence-electron chi connectivity index (χ2n) is 8.52. The third-order valence-electron chi connectivity index (χ3n) is 5.77. The van der Waals surface area contributed by atoms with Crippen molar-refractivity contribution in [2.24, 2.45) is 0 Å². The van der Waals surface area contributed by atoms with Crippen LogP contribution in [0.1, 0.15) is 25.0 Å². The fourth-order valence-corrected chi connectivity index (χ4v) is 5.75. The maximum Gasteiger partial charge on any atom is 0.264 e. The Labute approximate surface area is 235 Å². The molecule has 0 radical (unpaired) electrons. The highest BCUT2D eigenvalue weighted by atomic mass is 79.9. The molecule has 1 atom stereocenters. The van der Waals surface area contributed by atoms with E-state index in [1.165, 1.54) is 17.0 Å². The van der Waals surface area contributed by atoms with Crippen LogP contribution >= 0.6 is 31.9 Å². The van der Waals surface area contributed by atoms with Crippen molar-refractivity contribution >= 4 is 59.4 Å². The van der Waals surface area contributed by atoms with Crippen LogP contribution in [0.15, 0.2) is 86.6 Å². The summed E-state index contributed by atoms with van der Waals surface area (Å²) in [6, 6.07) is 19.8. The van der Waals surface area contributed by atoms with Gasteiger partial charge >= 0.3 is 0 Å². The summed E-state index contributed by atoms with van der Waals surface area (Å²) in [6.45, 7) is 5.38. The van der Waals surface area contributed by atoms with Gasteiger partial charge in [-0.2, -0.15) is 0 Å². The Bertz CT molecular complexity index is 1350. The zero-order valence-corrected chi connectivity index (χ0v) is 24.8. The van der Waals surface area contributed by atoms with Crippen molar-refractivity contribution in [3.05, 3.63) is 92.9 Å². The molecule has 37 heavy (non-hydrogen) atoms. The van der Waals surface area contributed by atoms with E-state index in [-0.39, 0.29) is 17.3 Å². The van der Waals surface area contributed by atoms with E-state index in [1.807, 2.05) is 31.2 Å². The van der Waals surface area contributed by atoms with Crippen LogP contribution in [-0.2, 0) is 26.2 Å². The van der Waals surface area contributed by atoms with Gasteiger partial charge in [0.05, 0.1) is 10.6 Å². The van der Waals surface area contributed by atoms with Gasteiger partial charge in [-0.25, -0.2) is 8.42 Å². The quantitative estimate of drug-likeness (QED) is 0.324. The van der Waals surface area contributed by atoms with Crippen molar-refractivity contribution in [2.75, 3.05) is 17.4 Å². The molecule has 0 aliphatic heterocycles. The number of rotatable bonds is 10. The van der Waals surface area contributed by atoms with Crippen molar-refractivity contribution < 1.29 is 18.0 Å². The number of likely N-dealkylation sites (N-methyl/N-ethyl adjacent to an activating group) is 1. The lowest BCUT2D eigenvalue weighted by Gasteiger charge is -2.32. The molecule has 0 spiro atoms. The smallest absolute Gasteiger partial charge is 0.264 e. The third-order valence-corrected chi connectivity index (χ3v) is 8.58. The topological polar surface area (TPSA) is 86.8 Å². The molecule has 0 heterocycles. The Morgan fingerprint density at radius 1 is 0.946 bits per heavy atom. The fraction of sp³-hybridized carbons (Fsp3) is 0.259. The molecule has 3 rings (SSSR count). The lowest BCUT2D eigenvalue weighted by atomic mass is 10.1. The van der Waals surface area contributed by atoms with Gasteiger partial charge in [-0.1, -0.05) is 67.8 Å². The van der Waals surface area contributed by atoms with E-state index in [0.717, 1.165) is 19.9 Å². The number of carbonyl (C=O) groups is 2.